The summed E-state index contributed by atoms with van der Waals surface area (Å²) >= 11 is 0. The maximum atomic E-state index is 13.0. The van der Waals surface area contributed by atoms with E-state index in [9.17, 15) is 13.2 Å². The Kier molecular flexibility index (Phi) is 3.97. The lowest BCUT2D eigenvalue weighted by Crippen LogP contribution is -2.29. The van der Waals surface area contributed by atoms with E-state index in [2.05, 4.69) is 5.32 Å². The first kappa shape index (κ1) is 14.5. The van der Waals surface area contributed by atoms with E-state index < -0.39 is 11.7 Å². The first-order valence-electron chi connectivity index (χ1n) is 7.25. The van der Waals surface area contributed by atoms with Gasteiger partial charge in [-0.15, -0.1) is 0 Å². The van der Waals surface area contributed by atoms with Crippen LogP contribution < -0.4 is 14.8 Å². The van der Waals surface area contributed by atoms with Crippen molar-refractivity contribution in [3.05, 3.63) is 23.3 Å². The van der Waals surface area contributed by atoms with E-state index in [-0.39, 0.29) is 18.1 Å². The van der Waals surface area contributed by atoms with Crippen molar-refractivity contribution < 1.29 is 22.6 Å². The molecule has 1 aromatic carbocycles. The van der Waals surface area contributed by atoms with Crippen molar-refractivity contribution in [3.8, 4) is 11.5 Å². The van der Waals surface area contributed by atoms with Gasteiger partial charge in [0.2, 0.25) is 0 Å². The number of nitrogens with one attached hydrogen (secondary N) is 1. The molecule has 2 aliphatic heterocycles. The second kappa shape index (κ2) is 5.75. The lowest BCUT2D eigenvalue weighted by atomic mass is 9.90. The first-order chi connectivity index (χ1) is 10.1. The third kappa shape index (κ3) is 3.10. The summed E-state index contributed by atoms with van der Waals surface area (Å²) in [5, 5.41) is 3.29. The molecule has 3 nitrogen and oxygen atoms in total. The quantitative estimate of drug-likeness (QED) is 0.911. The van der Waals surface area contributed by atoms with E-state index in [0.717, 1.165) is 44.0 Å². The monoisotopic (exact) mass is 301 g/mol. The molecule has 0 atom stereocenters. The third-order valence-electron chi connectivity index (χ3n) is 4.04. The van der Waals surface area contributed by atoms with Gasteiger partial charge in [-0.1, -0.05) is 6.07 Å². The highest BCUT2D eigenvalue weighted by Gasteiger charge is 2.37. The molecule has 21 heavy (non-hydrogen) atoms. The van der Waals surface area contributed by atoms with Crippen molar-refractivity contribution in [2.45, 2.75) is 25.4 Å². The lowest BCUT2D eigenvalue weighted by molar-refractivity contribution is -0.139. The molecule has 6 heteroatoms. The molecule has 2 heterocycles. The zero-order chi connectivity index (χ0) is 14.9. The minimum atomic E-state index is -4.42. The van der Waals surface area contributed by atoms with Gasteiger partial charge in [0.05, 0.1) is 0 Å². The van der Waals surface area contributed by atoms with E-state index in [0.29, 0.717) is 12.5 Å². The van der Waals surface area contributed by atoms with Gasteiger partial charge >= 0.3 is 6.18 Å². The molecule has 0 unspecified atom stereocenters. The smallest absolute Gasteiger partial charge is 0.420 e. The van der Waals surface area contributed by atoms with Gasteiger partial charge < -0.3 is 14.8 Å². The number of fused-ring (bicyclic) bond motifs is 1. The second-order valence-electron chi connectivity index (χ2n) is 5.52. The van der Waals surface area contributed by atoms with Gasteiger partial charge in [-0.3, -0.25) is 0 Å². The Balaban J connectivity index is 1.91. The Hall–Kier alpha value is -1.43. The predicted octanol–water partition coefficient (Wildman–Crippen LogP) is 3.02. The number of hydrogen-bond acceptors (Lipinski definition) is 3. The van der Waals surface area contributed by atoms with Crippen molar-refractivity contribution >= 4 is 0 Å². The zero-order valence-electron chi connectivity index (χ0n) is 11.6. The molecule has 116 valence electrons. The Morgan fingerprint density at radius 3 is 2.38 bits per heavy atom. The first-order valence-corrected chi connectivity index (χ1v) is 7.25. The SMILES string of the molecule is FC(F)(F)c1ccc(CC2CCNCC2)c2c1OCCO2. The van der Waals surface area contributed by atoms with Crippen molar-refractivity contribution in [3.63, 3.8) is 0 Å². The standard InChI is InChI=1S/C15H18F3NO2/c16-15(17,18)12-2-1-11(9-10-3-5-19-6-4-10)13-14(12)21-8-7-20-13/h1-2,10,19H,3-9H2. The Bertz CT molecular complexity index is 510. The maximum absolute atomic E-state index is 13.0. The van der Waals surface area contributed by atoms with Gasteiger partial charge in [-0.25, -0.2) is 0 Å². The summed E-state index contributed by atoms with van der Waals surface area (Å²) in [7, 11) is 0. The summed E-state index contributed by atoms with van der Waals surface area (Å²) in [6.07, 6.45) is -1.60. The number of hydrogen-bond donors (Lipinski definition) is 1. The molecule has 1 aromatic rings. The van der Waals surface area contributed by atoms with Crippen LogP contribution in [0.3, 0.4) is 0 Å². The highest BCUT2D eigenvalue weighted by atomic mass is 19.4. The van der Waals surface area contributed by atoms with Crippen molar-refractivity contribution in [1.29, 1.82) is 0 Å². The van der Waals surface area contributed by atoms with Crippen molar-refractivity contribution in [2.75, 3.05) is 26.3 Å². The van der Waals surface area contributed by atoms with Gasteiger partial charge in [0.1, 0.15) is 18.8 Å². The van der Waals surface area contributed by atoms with Crippen LogP contribution in [0.1, 0.15) is 24.0 Å². The van der Waals surface area contributed by atoms with E-state index in [4.69, 9.17) is 9.47 Å². The van der Waals surface area contributed by atoms with E-state index in [1.807, 2.05) is 0 Å². The summed E-state index contributed by atoms with van der Waals surface area (Å²) in [6, 6.07) is 2.66. The molecule has 1 saturated heterocycles. The second-order valence-corrected chi connectivity index (χ2v) is 5.52. The normalized spacial score (nSPS) is 19.6. The molecule has 0 radical (unpaired) electrons. The molecule has 0 bridgehead atoms. The van der Waals surface area contributed by atoms with Gasteiger partial charge in [0, 0.05) is 0 Å². The van der Waals surface area contributed by atoms with E-state index in [1.165, 1.54) is 0 Å². The van der Waals surface area contributed by atoms with Gasteiger partial charge in [-0.05, 0) is 49.9 Å². The summed E-state index contributed by atoms with van der Waals surface area (Å²) in [4.78, 5) is 0. The van der Waals surface area contributed by atoms with Crippen LogP contribution in [0.2, 0.25) is 0 Å². The fourth-order valence-corrected chi connectivity index (χ4v) is 2.97. The topological polar surface area (TPSA) is 30.5 Å². The fraction of sp³-hybridized carbons (Fsp3) is 0.600. The molecule has 1 fully saturated rings. The van der Waals surface area contributed by atoms with Gasteiger partial charge in [0.25, 0.3) is 0 Å². The number of rotatable bonds is 2. The Labute approximate surface area is 121 Å². The van der Waals surface area contributed by atoms with Crippen LogP contribution in [0.4, 0.5) is 13.2 Å². The molecule has 0 amide bonds. The summed E-state index contributed by atoms with van der Waals surface area (Å²) < 4.78 is 49.8. The number of alkyl halides is 3. The molecule has 0 saturated carbocycles. The highest BCUT2D eigenvalue weighted by Crippen LogP contribution is 2.45. The van der Waals surface area contributed by atoms with Crippen molar-refractivity contribution in [1.82, 2.24) is 5.32 Å². The van der Waals surface area contributed by atoms with Gasteiger partial charge in [-0.2, -0.15) is 13.2 Å². The predicted molar refractivity (Wildman–Crippen MR) is 71.7 cm³/mol. The highest BCUT2D eigenvalue weighted by molar-refractivity contribution is 5.54. The Morgan fingerprint density at radius 2 is 1.71 bits per heavy atom. The number of piperidine rings is 1. The van der Waals surface area contributed by atoms with E-state index in [1.54, 1.807) is 6.07 Å². The van der Waals surface area contributed by atoms with Crippen LogP contribution in [0.15, 0.2) is 12.1 Å². The number of ether oxygens (including phenoxy) is 2. The molecular weight excluding hydrogens is 283 g/mol. The summed E-state index contributed by atoms with van der Waals surface area (Å²) in [6.45, 7) is 2.39. The fourth-order valence-electron chi connectivity index (χ4n) is 2.97. The van der Waals surface area contributed by atoms with Gasteiger partial charge in [0.15, 0.2) is 11.5 Å². The third-order valence-corrected chi connectivity index (χ3v) is 4.04. The molecule has 0 spiro atoms. The lowest BCUT2D eigenvalue weighted by Gasteiger charge is -2.27. The van der Waals surface area contributed by atoms with Crippen LogP contribution in [-0.4, -0.2) is 26.3 Å². The molecule has 0 aromatic heterocycles. The molecule has 0 aliphatic carbocycles. The van der Waals surface area contributed by atoms with Crippen LogP contribution in [0, 0.1) is 5.92 Å². The number of benzene rings is 1. The van der Waals surface area contributed by atoms with Crippen LogP contribution in [0.25, 0.3) is 0 Å². The minimum Gasteiger partial charge on any atom is -0.486 e. The average molecular weight is 301 g/mol. The van der Waals surface area contributed by atoms with Crippen LogP contribution >= 0.6 is 0 Å². The van der Waals surface area contributed by atoms with Crippen LogP contribution in [0.5, 0.6) is 11.5 Å². The number of halogens is 3. The van der Waals surface area contributed by atoms with Crippen LogP contribution in [-0.2, 0) is 12.6 Å². The summed E-state index contributed by atoms with van der Waals surface area (Å²) in [5.41, 5.74) is 0.0795. The molecule has 2 aliphatic rings. The largest absolute Gasteiger partial charge is 0.486 e. The summed E-state index contributed by atoms with van der Waals surface area (Å²) in [5.74, 6) is 0.632. The molecule has 3 rings (SSSR count). The Morgan fingerprint density at radius 1 is 1.05 bits per heavy atom. The molecular formula is C15H18F3NO2. The van der Waals surface area contributed by atoms with E-state index >= 15 is 0 Å². The molecule has 1 N–H and O–H groups in total. The van der Waals surface area contributed by atoms with Crippen molar-refractivity contribution in [2.24, 2.45) is 5.92 Å². The minimum absolute atomic E-state index is 0.139. The average Bonchev–Trinajstić information content (AvgIpc) is 2.47. The zero-order valence-corrected chi connectivity index (χ0v) is 11.6. The maximum Gasteiger partial charge on any atom is 0.420 e.